The number of rotatable bonds is 4. The maximum atomic E-state index is 5.49. The van der Waals surface area contributed by atoms with Gasteiger partial charge in [0, 0.05) is 6.42 Å². The van der Waals surface area contributed by atoms with Gasteiger partial charge in [-0.2, -0.15) is 0 Å². The molecule has 1 heterocycles. The molecule has 0 N–H and O–H groups in total. The summed E-state index contributed by atoms with van der Waals surface area (Å²) in [6.45, 7) is 2.22. The third-order valence-corrected chi connectivity index (χ3v) is 2.36. The second-order valence-corrected chi connectivity index (χ2v) is 3.96. The lowest BCUT2D eigenvalue weighted by Crippen LogP contribution is -1.94. The minimum absolute atomic E-state index is 1.04. The maximum absolute atomic E-state index is 5.49. The predicted molar refractivity (Wildman–Crippen MR) is 51.5 cm³/mol. The molecule has 0 unspecified atom stereocenters. The number of aryl methyl sites for hydroxylation is 1. The molecule has 11 heavy (non-hydrogen) atoms. The average molecular weight is 168 g/mol. The topological polar surface area (TPSA) is 13.1 Å². The molecule has 0 amide bonds. The van der Waals surface area contributed by atoms with Crippen molar-refractivity contribution in [3.8, 4) is 0 Å². The summed E-state index contributed by atoms with van der Waals surface area (Å²) >= 11 is 0. The molecule has 0 aromatic carbocycles. The largest absolute Gasteiger partial charge is 0.472 e. The molecule has 0 spiro atoms. The molecule has 0 aliphatic rings. The van der Waals surface area contributed by atoms with E-state index in [1.54, 1.807) is 0 Å². The highest BCUT2D eigenvalue weighted by Gasteiger charge is 1.96. The lowest BCUT2D eigenvalue weighted by Gasteiger charge is -1.94. The van der Waals surface area contributed by atoms with E-state index in [0.29, 0.717) is 0 Å². The van der Waals surface area contributed by atoms with Crippen molar-refractivity contribution in [1.82, 2.24) is 0 Å². The first kappa shape index (κ1) is 8.59. The fourth-order valence-electron chi connectivity index (χ4n) is 1.17. The average Bonchev–Trinajstić information content (AvgIpc) is 2.37. The van der Waals surface area contributed by atoms with Crippen LogP contribution in [0.2, 0.25) is 0 Å². The van der Waals surface area contributed by atoms with Crippen LogP contribution in [0, 0.1) is 0 Å². The Morgan fingerprint density at radius 3 is 2.73 bits per heavy atom. The molecule has 62 valence electrons. The van der Waals surface area contributed by atoms with E-state index in [1.807, 2.05) is 0 Å². The van der Waals surface area contributed by atoms with Crippen molar-refractivity contribution < 1.29 is 4.42 Å². The molecule has 1 rings (SSSR count). The number of unbranched alkanes of at least 4 members (excludes halogenated alkanes) is 2. The van der Waals surface area contributed by atoms with Crippen LogP contribution in [0.25, 0.3) is 0 Å². The first-order chi connectivity index (χ1) is 5.33. The summed E-state index contributed by atoms with van der Waals surface area (Å²) in [5, 5.41) is 1.16. The Kier molecular flexibility index (Phi) is 3.43. The van der Waals surface area contributed by atoms with Crippen LogP contribution in [0.1, 0.15) is 31.9 Å². The molecular formula is C9H16OSi. The van der Waals surface area contributed by atoms with E-state index in [4.69, 9.17) is 4.42 Å². The molecule has 0 bridgehead atoms. The standard InChI is InChI=1S/C9H16OSi/c1-2-3-4-5-8-6-7-9(11)10-8/h6-7H,2-5H2,1,11H3. The fraction of sp³-hybridized carbons (Fsp3) is 0.556. The fourth-order valence-corrected chi connectivity index (χ4v) is 1.60. The predicted octanol–water partition coefficient (Wildman–Crippen LogP) is 1.00. The summed E-state index contributed by atoms with van der Waals surface area (Å²) in [5.41, 5.74) is 0. The molecule has 1 aromatic heterocycles. The number of hydrogen-bond donors (Lipinski definition) is 0. The van der Waals surface area contributed by atoms with Crippen molar-refractivity contribution in [3.05, 3.63) is 17.9 Å². The van der Waals surface area contributed by atoms with Crippen LogP contribution >= 0.6 is 0 Å². The molecule has 0 aliphatic carbocycles. The van der Waals surface area contributed by atoms with Crippen LogP contribution < -0.4 is 5.38 Å². The molecule has 1 nitrogen and oxygen atoms in total. The number of furan rings is 1. The van der Waals surface area contributed by atoms with E-state index in [1.165, 1.54) is 25.0 Å². The summed E-state index contributed by atoms with van der Waals surface area (Å²) < 4.78 is 5.49. The van der Waals surface area contributed by atoms with Gasteiger partial charge in [-0.3, -0.25) is 0 Å². The van der Waals surface area contributed by atoms with Gasteiger partial charge in [0.05, 0.1) is 15.6 Å². The summed E-state index contributed by atoms with van der Waals surface area (Å²) in [6, 6.07) is 4.20. The highest BCUT2D eigenvalue weighted by atomic mass is 28.1. The van der Waals surface area contributed by atoms with Gasteiger partial charge in [0.2, 0.25) is 0 Å². The molecule has 0 saturated carbocycles. The van der Waals surface area contributed by atoms with Gasteiger partial charge in [-0.25, -0.2) is 0 Å². The van der Waals surface area contributed by atoms with Crippen LogP contribution in [-0.4, -0.2) is 10.2 Å². The quantitative estimate of drug-likeness (QED) is 0.483. The zero-order valence-corrected chi connectivity index (χ0v) is 9.39. The molecule has 0 radical (unpaired) electrons. The molecular weight excluding hydrogens is 152 g/mol. The second kappa shape index (κ2) is 4.39. The van der Waals surface area contributed by atoms with Crippen LogP contribution in [0.3, 0.4) is 0 Å². The van der Waals surface area contributed by atoms with Crippen molar-refractivity contribution in [1.29, 1.82) is 0 Å². The van der Waals surface area contributed by atoms with Crippen LogP contribution in [0.15, 0.2) is 16.5 Å². The van der Waals surface area contributed by atoms with Crippen molar-refractivity contribution in [2.24, 2.45) is 0 Å². The Balaban J connectivity index is 2.27. The smallest absolute Gasteiger partial charge is 0.103 e. The van der Waals surface area contributed by atoms with Crippen LogP contribution in [0.4, 0.5) is 0 Å². The summed E-state index contributed by atoms with van der Waals surface area (Å²) in [6.07, 6.45) is 4.99. The van der Waals surface area contributed by atoms with Crippen molar-refractivity contribution in [3.63, 3.8) is 0 Å². The monoisotopic (exact) mass is 168 g/mol. The van der Waals surface area contributed by atoms with Crippen LogP contribution in [0.5, 0.6) is 0 Å². The Morgan fingerprint density at radius 2 is 2.18 bits per heavy atom. The lowest BCUT2D eigenvalue weighted by molar-refractivity contribution is 0.522. The van der Waals surface area contributed by atoms with Crippen molar-refractivity contribution >= 4 is 15.6 Å². The van der Waals surface area contributed by atoms with Crippen molar-refractivity contribution in [2.45, 2.75) is 32.6 Å². The molecule has 1 aromatic rings. The zero-order valence-electron chi connectivity index (χ0n) is 7.39. The van der Waals surface area contributed by atoms with Gasteiger partial charge in [-0.1, -0.05) is 19.8 Å². The number of hydrogen-bond acceptors (Lipinski definition) is 1. The van der Waals surface area contributed by atoms with E-state index >= 15 is 0 Å². The van der Waals surface area contributed by atoms with E-state index in [9.17, 15) is 0 Å². The molecule has 0 saturated heterocycles. The summed E-state index contributed by atoms with van der Waals surface area (Å²) in [7, 11) is 1.04. The third kappa shape index (κ3) is 2.93. The minimum atomic E-state index is 1.04. The normalized spacial score (nSPS) is 10.6. The summed E-state index contributed by atoms with van der Waals surface area (Å²) in [5.74, 6) is 1.17. The lowest BCUT2D eigenvalue weighted by atomic mass is 10.2. The Labute approximate surface area is 71.2 Å². The Morgan fingerprint density at radius 1 is 1.36 bits per heavy atom. The first-order valence-corrected chi connectivity index (χ1v) is 5.38. The van der Waals surface area contributed by atoms with E-state index < -0.39 is 0 Å². The van der Waals surface area contributed by atoms with Crippen LogP contribution in [-0.2, 0) is 6.42 Å². The van der Waals surface area contributed by atoms with Gasteiger partial charge < -0.3 is 4.42 Å². The molecule has 0 fully saturated rings. The van der Waals surface area contributed by atoms with Gasteiger partial charge in [-0.05, 0) is 18.6 Å². The first-order valence-electron chi connectivity index (χ1n) is 4.38. The second-order valence-electron chi connectivity index (χ2n) is 2.97. The van der Waals surface area contributed by atoms with Gasteiger partial charge in [0.15, 0.2) is 0 Å². The molecule has 0 atom stereocenters. The Bertz CT molecular complexity index is 205. The SMILES string of the molecule is CCCCCc1ccc([SiH3])o1. The maximum Gasteiger partial charge on any atom is 0.103 e. The van der Waals surface area contributed by atoms with Gasteiger partial charge >= 0.3 is 0 Å². The van der Waals surface area contributed by atoms with Gasteiger partial charge in [0.25, 0.3) is 0 Å². The highest BCUT2D eigenvalue weighted by Crippen LogP contribution is 2.04. The van der Waals surface area contributed by atoms with Gasteiger partial charge in [-0.15, -0.1) is 0 Å². The van der Waals surface area contributed by atoms with E-state index in [0.717, 1.165) is 22.0 Å². The van der Waals surface area contributed by atoms with E-state index in [2.05, 4.69) is 19.1 Å². The van der Waals surface area contributed by atoms with Gasteiger partial charge in [0.1, 0.15) is 5.76 Å². The third-order valence-electron chi connectivity index (χ3n) is 1.82. The van der Waals surface area contributed by atoms with E-state index in [-0.39, 0.29) is 0 Å². The zero-order chi connectivity index (χ0) is 8.10. The molecule has 0 aliphatic heterocycles. The highest BCUT2D eigenvalue weighted by molar-refractivity contribution is 6.29. The Hall–Kier alpha value is -0.503. The molecule has 2 heteroatoms. The van der Waals surface area contributed by atoms with Crippen molar-refractivity contribution in [2.75, 3.05) is 0 Å². The minimum Gasteiger partial charge on any atom is -0.472 e. The summed E-state index contributed by atoms with van der Waals surface area (Å²) in [4.78, 5) is 0.